The quantitative estimate of drug-likeness (QED) is 0.190. The number of allylic oxidation sites excluding steroid dienone is 2. The maximum absolute atomic E-state index is 11.3. The van der Waals surface area contributed by atoms with Gasteiger partial charge in [-0.15, -0.1) is 13.2 Å². The van der Waals surface area contributed by atoms with E-state index in [1.54, 1.807) is 6.92 Å². The van der Waals surface area contributed by atoms with Crippen LogP contribution in [0.4, 0.5) is 0 Å². The van der Waals surface area contributed by atoms with Gasteiger partial charge in [-0.25, -0.2) is 4.79 Å². The molecule has 0 unspecified atom stereocenters. The lowest BCUT2D eigenvalue weighted by atomic mass is 10.4. The Morgan fingerprint density at radius 1 is 1.26 bits per heavy atom. The van der Waals surface area contributed by atoms with Crippen LogP contribution in [0, 0.1) is 0 Å². The van der Waals surface area contributed by atoms with Crippen molar-refractivity contribution in [1.29, 1.82) is 0 Å². The van der Waals surface area contributed by atoms with Crippen molar-refractivity contribution >= 4 is 14.0 Å². The van der Waals surface area contributed by atoms with Crippen LogP contribution in [0.5, 0.6) is 0 Å². The smallest absolute Gasteiger partial charge is 0.333 e. The van der Waals surface area contributed by atoms with Crippen LogP contribution in [0.15, 0.2) is 37.5 Å². The topological polar surface area (TPSA) is 26.3 Å². The Labute approximate surface area is 119 Å². The minimum absolute atomic E-state index is 0.288. The number of hydrogen-bond acceptors (Lipinski definition) is 2. The summed E-state index contributed by atoms with van der Waals surface area (Å²) in [5, 5.41) is 0. The monoisotopic (exact) mass is 280 g/mol. The van der Waals surface area contributed by atoms with Gasteiger partial charge >= 0.3 is 5.97 Å². The minimum atomic E-state index is -1.42. The van der Waals surface area contributed by atoms with Gasteiger partial charge in [-0.3, -0.25) is 0 Å². The van der Waals surface area contributed by atoms with Gasteiger partial charge in [-0.1, -0.05) is 44.2 Å². The van der Waals surface area contributed by atoms with Gasteiger partial charge in [0.2, 0.25) is 0 Å². The van der Waals surface area contributed by atoms with Crippen LogP contribution in [0.2, 0.25) is 23.7 Å². The number of carbonyl (C=O) groups excluding carboxylic acids is 1. The van der Waals surface area contributed by atoms with E-state index >= 15 is 0 Å². The minimum Gasteiger partial charge on any atom is -0.462 e. The van der Waals surface area contributed by atoms with Gasteiger partial charge in [0.25, 0.3) is 0 Å². The maximum Gasteiger partial charge on any atom is 0.333 e. The highest BCUT2D eigenvalue weighted by molar-refractivity contribution is 6.81. The molecule has 3 heteroatoms. The molecule has 0 atom stereocenters. The highest BCUT2D eigenvalue weighted by atomic mass is 28.3. The second-order valence-electron chi connectivity index (χ2n) is 5.52. The van der Waals surface area contributed by atoms with E-state index in [0.717, 1.165) is 24.6 Å². The molecule has 0 aliphatic heterocycles. The molecule has 108 valence electrons. The first kappa shape index (κ1) is 17.9. The molecule has 0 spiro atoms. The van der Waals surface area contributed by atoms with Crippen molar-refractivity contribution in [3.05, 3.63) is 37.5 Å². The highest BCUT2D eigenvalue weighted by Crippen LogP contribution is 2.35. The van der Waals surface area contributed by atoms with Crippen LogP contribution in [-0.4, -0.2) is 20.7 Å². The Morgan fingerprint density at radius 3 is 2.16 bits per heavy atom. The van der Waals surface area contributed by atoms with Gasteiger partial charge < -0.3 is 4.74 Å². The molecule has 0 aromatic rings. The summed E-state index contributed by atoms with van der Waals surface area (Å²) in [6, 6.07) is 3.35. The third-order valence-corrected chi connectivity index (χ3v) is 9.73. The summed E-state index contributed by atoms with van der Waals surface area (Å²) >= 11 is 0. The van der Waals surface area contributed by atoms with Gasteiger partial charge in [0, 0.05) is 5.57 Å². The molecule has 0 aromatic carbocycles. The molecule has 0 aromatic heterocycles. The lowest BCUT2D eigenvalue weighted by Gasteiger charge is -2.34. The molecule has 0 aliphatic carbocycles. The third-order valence-electron chi connectivity index (χ3n) is 3.73. The fourth-order valence-corrected chi connectivity index (χ4v) is 6.43. The number of esters is 1. The first-order chi connectivity index (χ1) is 8.89. The van der Waals surface area contributed by atoms with Crippen molar-refractivity contribution in [3.63, 3.8) is 0 Å². The van der Waals surface area contributed by atoms with E-state index < -0.39 is 8.07 Å². The van der Waals surface area contributed by atoms with Gasteiger partial charge in [-0.05, 0) is 25.4 Å². The molecule has 0 fully saturated rings. The predicted molar refractivity (Wildman–Crippen MR) is 86.1 cm³/mol. The maximum atomic E-state index is 11.3. The van der Waals surface area contributed by atoms with Crippen LogP contribution >= 0.6 is 0 Å². The van der Waals surface area contributed by atoms with E-state index in [4.69, 9.17) is 4.74 Å². The van der Waals surface area contributed by atoms with Crippen molar-refractivity contribution in [1.82, 2.24) is 0 Å². The molecule has 0 aliphatic rings. The van der Waals surface area contributed by atoms with Gasteiger partial charge in [0.15, 0.2) is 0 Å². The summed E-state index contributed by atoms with van der Waals surface area (Å²) in [4.78, 5) is 11.3. The van der Waals surface area contributed by atoms with E-state index in [1.807, 2.05) is 12.2 Å². The molecule has 0 saturated carbocycles. The lowest BCUT2D eigenvalue weighted by Crippen LogP contribution is -2.36. The SMILES string of the molecule is C=CC[Si](CC=C)(CCCOC(=O)C(=C)C)C(C)C. The number of rotatable bonds is 10. The first-order valence-corrected chi connectivity index (χ1v) is 9.64. The van der Waals surface area contributed by atoms with Crippen LogP contribution in [-0.2, 0) is 9.53 Å². The average Bonchev–Trinajstić information content (AvgIpc) is 2.34. The van der Waals surface area contributed by atoms with Crippen molar-refractivity contribution in [3.8, 4) is 0 Å². The normalized spacial score (nSPS) is 11.2. The Bertz CT molecular complexity index is 322. The van der Waals surface area contributed by atoms with E-state index in [-0.39, 0.29) is 5.97 Å². The zero-order valence-electron chi connectivity index (χ0n) is 12.7. The van der Waals surface area contributed by atoms with Gasteiger partial charge in [0.1, 0.15) is 0 Å². The molecule has 0 saturated heterocycles. The Kier molecular flexibility index (Phi) is 8.40. The van der Waals surface area contributed by atoms with Crippen LogP contribution in [0.25, 0.3) is 0 Å². The fraction of sp³-hybridized carbons (Fsp3) is 0.562. The van der Waals surface area contributed by atoms with Crippen LogP contribution < -0.4 is 0 Å². The molecular formula is C16H28O2Si. The molecule has 2 nitrogen and oxygen atoms in total. The molecular weight excluding hydrogens is 252 g/mol. The van der Waals surface area contributed by atoms with E-state index in [1.165, 1.54) is 0 Å². The predicted octanol–water partition coefficient (Wildman–Crippen LogP) is 4.73. The molecule has 0 amide bonds. The molecule has 0 bridgehead atoms. The zero-order chi connectivity index (χ0) is 14.9. The Hall–Kier alpha value is -1.09. The summed E-state index contributed by atoms with van der Waals surface area (Å²) in [5.41, 5.74) is 1.14. The number of carbonyl (C=O) groups is 1. The summed E-state index contributed by atoms with van der Waals surface area (Å²) in [7, 11) is -1.42. The molecule has 0 rings (SSSR count). The second-order valence-corrected chi connectivity index (χ2v) is 10.7. The molecule has 0 radical (unpaired) electrons. The van der Waals surface area contributed by atoms with Crippen molar-refractivity contribution in [2.75, 3.05) is 6.61 Å². The summed E-state index contributed by atoms with van der Waals surface area (Å²) in [5.74, 6) is -0.288. The van der Waals surface area contributed by atoms with Crippen LogP contribution in [0.3, 0.4) is 0 Å². The van der Waals surface area contributed by atoms with Crippen molar-refractivity contribution < 1.29 is 9.53 Å². The largest absolute Gasteiger partial charge is 0.462 e. The highest BCUT2D eigenvalue weighted by Gasteiger charge is 2.33. The van der Waals surface area contributed by atoms with Gasteiger partial charge in [0.05, 0.1) is 14.7 Å². The van der Waals surface area contributed by atoms with Gasteiger partial charge in [-0.2, -0.15) is 0 Å². The second kappa shape index (κ2) is 8.91. The number of hydrogen-bond donors (Lipinski definition) is 0. The van der Waals surface area contributed by atoms with Crippen LogP contribution in [0.1, 0.15) is 27.2 Å². The Morgan fingerprint density at radius 2 is 1.79 bits per heavy atom. The zero-order valence-corrected chi connectivity index (χ0v) is 13.7. The number of ether oxygens (including phenoxy) is 1. The van der Waals surface area contributed by atoms with E-state index in [9.17, 15) is 4.79 Å². The Balaban J connectivity index is 4.41. The summed E-state index contributed by atoms with van der Waals surface area (Å²) < 4.78 is 5.17. The van der Waals surface area contributed by atoms with Crippen molar-refractivity contribution in [2.24, 2.45) is 0 Å². The summed E-state index contributed by atoms with van der Waals surface area (Å²) in [6.07, 6.45) is 5.00. The molecule has 19 heavy (non-hydrogen) atoms. The standard InChI is InChI=1S/C16H28O2Si/c1-7-11-19(12-8-2,15(5)6)13-9-10-18-16(17)14(3)4/h7-8,15H,1-3,9-13H2,4-6H3. The van der Waals surface area contributed by atoms with Crippen molar-refractivity contribution in [2.45, 2.75) is 50.9 Å². The van der Waals surface area contributed by atoms with E-state index in [2.05, 4.69) is 33.6 Å². The first-order valence-electron chi connectivity index (χ1n) is 6.94. The fourth-order valence-electron chi connectivity index (χ4n) is 2.33. The lowest BCUT2D eigenvalue weighted by molar-refractivity contribution is -0.138. The summed E-state index contributed by atoms with van der Waals surface area (Å²) in [6.45, 7) is 18.1. The third kappa shape index (κ3) is 6.06. The molecule has 0 heterocycles. The molecule has 0 N–H and O–H groups in total. The van der Waals surface area contributed by atoms with E-state index in [0.29, 0.717) is 17.7 Å². The average molecular weight is 280 g/mol.